The number of thioether (sulfide) groups is 2. The van der Waals surface area contributed by atoms with E-state index in [0.29, 0.717) is 22.4 Å². The number of ether oxygens (including phenoxy) is 3. The highest BCUT2D eigenvalue weighted by Crippen LogP contribution is 2.45. The zero-order chi connectivity index (χ0) is 28.4. The van der Waals surface area contributed by atoms with Gasteiger partial charge >= 0.3 is 17.9 Å². The summed E-state index contributed by atoms with van der Waals surface area (Å²) >= 11 is 3.09. The third-order valence-corrected chi connectivity index (χ3v) is 9.55. The van der Waals surface area contributed by atoms with Gasteiger partial charge in [0.15, 0.2) is 12.2 Å². The first-order valence-electron chi connectivity index (χ1n) is 13.1. The van der Waals surface area contributed by atoms with Gasteiger partial charge in [-0.05, 0) is 42.0 Å². The van der Waals surface area contributed by atoms with Crippen molar-refractivity contribution in [2.24, 2.45) is 0 Å². The Balaban J connectivity index is 1.40. The zero-order valence-corrected chi connectivity index (χ0v) is 23.7. The zero-order valence-electron chi connectivity index (χ0n) is 22.0. The number of hydrogen-bond acceptors (Lipinski definition) is 8. The van der Waals surface area contributed by atoms with Crippen LogP contribution in [0, 0.1) is 0 Å². The third-order valence-electron chi connectivity index (χ3n) is 6.42. The number of rotatable bonds is 10. The van der Waals surface area contributed by atoms with Gasteiger partial charge in [-0.3, -0.25) is 0 Å². The standard InChI is InChI=1S/C33H28O6S2/c34-30(24-15-7-2-8-16-24)37-21-27-28(38-31(35)25-17-9-3-10-18-25)29(39-32(36)26-19-11-4-12-20-26)33(41-27)40-22-23-13-5-1-6-14-23/h1-20,27-29,33H,21-22H2/t27-,28-,29-,33+/m1/s1. The number of hydrogen-bond donors (Lipinski definition) is 0. The molecule has 0 aromatic heterocycles. The van der Waals surface area contributed by atoms with E-state index in [9.17, 15) is 14.4 Å². The summed E-state index contributed by atoms with van der Waals surface area (Å²) in [7, 11) is 0. The molecule has 1 saturated heterocycles. The molecule has 4 atom stereocenters. The molecule has 41 heavy (non-hydrogen) atoms. The summed E-state index contributed by atoms with van der Waals surface area (Å²) in [5.74, 6) is -0.861. The number of carbonyl (C=O) groups excluding carboxylic acids is 3. The van der Waals surface area contributed by atoms with Gasteiger partial charge < -0.3 is 14.2 Å². The minimum Gasteiger partial charge on any atom is -0.461 e. The smallest absolute Gasteiger partial charge is 0.338 e. The second-order valence-electron chi connectivity index (χ2n) is 9.28. The van der Waals surface area contributed by atoms with E-state index in [1.54, 1.807) is 84.6 Å². The van der Waals surface area contributed by atoms with Crippen LogP contribution in [0.1, 0.15) is 36.6 Å². The van der Waals surface area contributed by atoms with Crippen molar-refractivity contribution in [3.63, 3.8) is 0 Å². The van der Waals surface area contributed by atoms with Gasteiger partial charge in [0.2, 0.25) is 0 Å². The molecule has 8 heteroatoms. The van der Waals surface area contributed by atoms with E-state index in [1.807, 2.05) is 48.5 Å². The topological polar surface area (TPSA) is 78.9 Å². The Hall–Kier alpha value is -4.01. The van der Waals surface area contributed by atoms with Gasteiger partial charge in [-0.25, -0.2) is 14.4 Å². The van der Waals surface area contributed by atoms with Crippen LogP contribution in [0.5, 0.6) is 0 Å². The van der Waals surface area contributed by atoms with Crippen molar-refractivity contribution in [3.8, 4) is 0 Å². The molecule has 1 fully saturated rings. The summed E-state index contributed by atoms with van der Waals surface area (Å²) in [6.45, 7) is -0.0209. The van der Waals surface area contributed by atoms with Gasteiger partial charge in [-0.2, -0.15) is 0 Å². The van der Waals surface area contributed by atoms with Crippen LogP contribution in [0.3, 0.4) is 0 Å². The Bertz CT molecular complexity index is 1430. The summed E-state index contributed by atoms with van der Waals surface area (Å²) in [5.41, 5.74) is 2.32. The molecule has 0 spiro atoms. The van der Waals surface area contributed by atoms with Crippen LogP contribution < -0.4 is 0 Å². The Labute approximate surface area is 247 Å². The molecular formula is C33H28O6S2. The van der Waals surface area contributed by atoms with Crippen LogP contribution in [0.15, 0.2) is 121 Å². The van der Waals surface area contributed by atoms with Crippen molar-refractivity contribution in [1.82, 2.24) is 0 Å². The first-order chi connectivity index (χ1) is 20.1. The van der Waals surface area contributed by atoms with Crippen LogP contribution in [-0.4, -0.2) is 46.6 Å². The molecule has 1 aliphatic rings. The predicted octanol–water partition coefficient (Wildman–Crippen LogP) is 6.67. The molecule has 0 radical (unpaired) electrons. The highest BCUT2D eigenvalue weighted by molar-refractivity contribution is 8.17. The Morgan fingerprint density at radius 1 is 0.585 bits per heavy atom. The normalized spacial score (nSPS) is 19.7. The monoisotopic (exact) mass is 584 g/mol. The molecule has 4 aromatic rings. The molecular weight excluding hydrogens is 556 g/mol. The van der Waals surface area contributed by atoms with Crippen LogP contribution in [0.2, 0.25) is 0 Å². The van der Waals surface area contributed by atoms with Gasteiger partial charge in [0.25, 0.3) is 0 Å². The molecule has 208 valence electrons. The Kier molecular flexibility index (Phi) is 9.78. The van der Waals surface area contributed by atoms with Gasteiger partial charge in [-0.1, -0.05) is 84.9 Å². The average Bonchev–Trinajstić information content (AvgIpc) is 3.35. The molecule has 1 aliphatic heterocycles. The second kappa shape index (κ2) is 14.1. The third kappa shape index (κ3) is 7.60. The molecule has 0 N–H and O–H groups in total. The second-order valence-corrected chi connectivity index (χ2v) is 12.1. The summed E-state index contributed by atoms with van der Waals surface area (Å²) < 4.78 is 17.5. The van der Waals surface area contributed by atoms with Crippen LogP contribution in [0.25, 0.3) is 0 Å². The molecule has 0 aliphatic carbocycles. The van der Waals surface area contributed by atoms with Crippen molar-refractivity contribution in [2.45, 2.75) is 27.8 Å². The summed E-state index contributed by atoms with van der Waals surface area (Å²) in [4.78, 5) is 39.2. The maximum atomic E-state index is 13.2. The molecule has 0 saturated carbocycles. The molecule has 4 aromatic carbocycles. The van der Waals surface area contributed by atoms with E-state index >= 15 is 0 Å². The molecule has 1 heterocycles. The number of benzene rings is 4. The quantitative estimate of drug-likeness (QED) is 0.151. The van der Waals surface area contributed by atoms with E-state index in [1.165, 1.54) is 11.8 Å². The minimum atomic E-state index is -0.850. The van der Waals surface area contributed by atoms with Crippen molar-refractivity contribution >= 4 is 41.4 Å². The SMILES string of the molecule is O=C(OC[C@H]1S[C@H](SCc2ccccc2)[C@H](OC(=O)c2ccccc2)[C@@H]1OC(=O)c1ccccc1)c1ccccc1. The maximum Gasteiger partial charge on any atom is 0.338 e. The van der Waals surface area contributed by atoms with E-state index < -0.39 is 35.4 Å². The van der Waals surface area contributed by atoms with Crippen molar-refractivity contribution in [1.29, 1.82) is 0 Å². The fourth-order valence-electron chi connectivity index (χ4n) is 4.33. The Morgan fingerprint density at radius 3 is 1.54 bits per heavy atom. The van der Waals surface area contributed by atoms with Crippen molar-refractivity contribution in [3.05, 3.63) is 144 Å². The average molecular weight is 585 g/mol. The van der Waals surface area contributed by atoms with E-state index in [4.69, 9.17) is 14.2 Å². The maximum absolute atomic E-state index is 13.2. The lowest BCUT2D eigenvalue weighted by atomic mass is 10.1. The lowest BCUT2D eigenvalue weighted by Gasteiger charge is -2.26. The highest BCUT2D eigenvalue weighted by Gasteiger charge is 2.50. The summed E-state index contributed by atoms with van der Waals surface area (Å²) in [6.07, 6.45) is -1.63. The highest BCUT2D eigenvalue weighted by atomic mass is 32.2. The Morgan fingerprint density at radius 2 is 1.02 bits per heavy atom. The lowest BCUT2D eigenvalue weighted by molar-refractivity contribution is -0.0313. The van der Waals surface area contributed by atoms with Crippen LogP contribution in [0.4, 0.5) is 0 Å². The lowest BCUT2D eigenvalue weighted by Crippen LogP contribution is -2.41. The van der Waals surface area contributed by atoms with Gasteiger partial charge in [0.1, 0.15) is 6.61 Å². The summed E-state index contributed by atoms with van der Waals surface area (Å²) in [5, 5.41) is -0.461. The fraction of sp³-hybridized carbons (Fsp3) is 0.182. The first-order valence-corrected chi connectivity index (χ1v) is 15.1. The van der Waals surface area contributed by atoms with Gasteiger partial charge in [-0.15, -0.1) is 23.5 Å². The first kappa shape index (κ1) is 28.5. The number of esters is 3. The number of carbonyl (C=O) groups is 3. The molecule has 0 amide bonds. The largest absolute Gasteiger partial charge is 0.461 e. The van der Waals surface area contributed by atoms with Gasteiger partial charge in [0.05, 0.1) is 26.5 Å². The predicted molar refractivity (Wildman–Crippen MR) is 161 cm³/mol. The molecule has 6 nitrogen and oxygen atoms in total. The van der Waals surface area contributed by atoms with Crippen molar-refractivity contribution < 1.29 is 28.6 Å². The van der Waals surface area contributed by atoms with Crippen LogP contribution >= 0.6 is 23.5 Å². The minimum absolute atomic E-state index is 0.0209. The van der Waals surface area contributed by atoms with Gasteiger partial charge in [0, 0.05) is 5.75 Å². The van der Waals surface area contributed by atoms with E-state index in [2.05, 4.69) is 0 Å². The fourth-order valence-corrected chi connectivity index (χ4v) is 7.44. The molecule has 0 bridgehead atoms. The summed E-state index contributed by atoms with van der Waals surface area (Å²) in [6, 6.07) is 36.1. The van der Waals surface area contributed by atoms with E-state index in [-0.39, 0.29) is 11.2 Å². The van der Waals surface area contributed by atoms with Crippen LogP contribution in [-0.2, 0) is 20.0 Å². The van der Waals surface area contributed by atoms with Crippen molar-refractivity contribution in [2.75, 3.05) is 6.61 Å². The van der Waals surface area contributed by atoms with E-state index in [0.717, 1.165) is 5.56 Å². The molecule has 0 unspecified atom stereocenters. The molecule has 5 rings (SSSR count).